The highest BCUT2D eigenvalue weighted by Crippen LogP contribution is 2.32. The molecule has 2 amide bonds. The number of amides is 2. The summed E-state index contributed by atoms with van der Waals surface area (Å²) >= 11 is 0. The zero-order valence-corrected chi connectivity index (χ0v) is 16.6. The number of hydrogen-bond acceptors (Lipinski definition) is 3. The van der Waals surface area contributed by atoms with E-state index in [2.05, 4.69) is 23.2 Å². The molecule has 2 aliphatic heterocycles. The minimum atomic E-state index is -0.324. The van der Waals surface area contributed by atoms with E-state index in [0.717, 1.165) is 43.7 Å². The number of ketones is 1. The summed E-state index contributed by atoms with van der Waals surface area (Å²) in [6.45, 7) is 5.16. The second-order valence-corrected chi connectivity index (χ2v) is 7.87. The van der Waals surface area contributed by atoms with E-state index in [0.29, 0.717) is 12.1 Å². The number of carbonyl (C=O) groups is 2. The van der Waals surface area contributed by atoms with Crippen molar-refractivity contribution >= 4 is 17.5 Å². The lowest BCUT2D eigenvalue weighted by Crippen LogP contribution is -2.46. The Kier molecular flexibility index (Phi) is 5.62. The minimum Gasteiger partial charge on any atom is -0.316 e. The van der Waals surface area contributed by atoms with Crippen molar-refractivity contribution in [3.05, 3.63) is 65.5 Å². The molecule has 0 aliphatic carbocycles. The maximum Gasteiger partial charge on any atom is 0.322 e. The van der Waals surface area contributed by atoms with Gasteiger partial charge in [0, 0.05) is 30.3 Å². The fourth-order valence-corrected chi connectivity index (χ4v) is 4.32. The SMILES string of the molecule is CC1c2ccccc2NC(=O)N1CCN1CCC(C(=O)c2ccc(F)cc2)CC1. The first-order valence-electron chi connectivity index (χ1n) is 10.2. The van der Waals surface area contributed by atoms with E-state index in [4.69, 9.17) is 0 Å². The van der Waals surface area contributed by atoms with Gasteiger partial charge >= 0.3 is 6.03 Å². The van der Waals surface area contributed by atoms with Crippen LogP contribution in [0.1, 0.15) is 41.7 Å². The van der Waals surface area contributed by atoms with Crippen LogP contribution in [0.2, 0.25) is 0 Å². The molecule has 1 fully saturated rings. The van der Waals surface area contributed by atoms with Gasteiger partial charge in [-0.25, -0.2) is 9.18 Å². The van der Waals surface area contributed by atoms with Crippen LogP contribution in [0.4, 0.5) is 14.9 Å². The van der Waals surface area contributed by atoms with Gasteiger partial charge < -0.3 is 15.1 Å². The van der Waals surface area contributed by atoms with Crippen molar-refractivity contribution in [2.45, 2.75) is 25.8 Å². The van der Waals surface area contributed by atoms with E-state index in [1.165, 1.54) is 12.1 Å². The predicted octanol–water partition coefficient (Wildman–Crippen LogP) is 4.33. The number of hydrogen-bond donors (Lipinski definition) is 1. The first kappa shape index (κ1) is 19.6. The average Bonchev–Trinajstić information content (AvgIpc) is 2.74. The molecule has 152 valence electrons. The van der Waals surface area contributed by atoms with Gasteiger partial charge in [0.25, 0.3) is 0 Å². The number of likely N-dealkylation sites (tertiary alicyclic amines) is 1. The number of urea groups is 1. The fourth-order valence-electron chi connectivity index (χ4n) is 4.32. The molecule has 0 saturated carbocycles. The molecular formula is C23H26FN3O2. The van der Waals surface area contributed by atoms with Gasteiger partial charge in [-0.05, 0) is 68.8 Å². The van der Waals surface area contributed by atoms with Gasteiger partial charge in [0.05, 0.1) is 6.04 Å². The Bertz CT molecular complexity index is 891. The number of Topliss-reactive ketones (excluding diaryl/α,β-unsaturated/α-hetero) is 1. The second-order valence-electron chi connectivity index (χ2n) is 7.87. The van der Waals surface area contributed by atoms with Crippen LogP contribution in [0.3, 0.4) is 0 Å². The van der Waals surface area contributed by atoms with Gasteiger partial charge in [-0.1, -0.05) is 18.2 Å². The lowest BCUT2D eigenvalue weighted by Gasteiger charge is -2.38. The van der Waals surface area contributed by atoms with Crippen molar-refractivity contribution in [3.63, 3.8) is 0 Å². The molecule has 0 bridgehead atoms. The molecule has 4 rings (SSSR count). The lowest BCUT2D eigenvalue weighted by atomic mass is 9.89. The number of nitrogens with zero attached hydrogens (tertiary/aromatic N) is 2. The molecule has 1 atom stereocenters. The molecule has 0 radical (unpaired) electrons. The highest BCUT2D eigenvalue weighted by molar-refractivity contribution is 5.97. The third kappa shape index (κ3) is 4.17. The molecule has 6 heteroatoms. The van der Waals surface area contributed by atoms with Crippen LogP contribution >= 0.6 is 0 Å². The molecule has 1 saturated heterocycles. The number of nitrogens with one attached hydrogen (secondary N) is 1. The maximum atomic E-state index is 13.1. The highest BCUT2D eigenvalue weighted by atomic mass is 19.1. The van der Waals surface area contributed by atoms with Crippen LogP contribution in [-0.4, -0.2) is 47.8 Å². The van der Waals surface area contributed by atoms with Crippen molar-refractivity contribution in [1.82, 2.24) is 9.80 Å². The number of para-hydroxylation sites is 1. The molecule has 0 spiro atoms. The van der Waals surface area contributed by atoms with E-state index in [-0.39, 0.29) is 29.6 Å². The summed E-state index contributed by atoms with van der Waals surface area (Å²) < 4.78 is 13.1. The number of anilines is 1. The Morgan fingerprint density at radius 3 is 2.48 bits per heavy atom. The first-order chi connectivity index (χ1) is 14.0. The Labute approximate surface area is 170 Å². The second kappa shape index (κ2) is 8.33. The molecular weight excluding hydrogens is 369 g/mol. The number of benzene rings is 2. The van der Waals surface area contributed by atoms with E-state index < -0.39 is 0 Å². The van der Waals surface area contributed by atoms with Gasteiger partial charge in [-0.15, -0.1) is 0 Å². The van der Waals surface area contributed by atoms with Crippen molar-refractivity contribution in [2.75, 3.05) is 31.5 Å². The van der Waals surface area contributed by atoms with Crippen LogP contribution < -0.4 is 5.32 Å². The summed E-state index contributed by atoms with van der Waals surface area (Å²) in [5, 5.41) is 2.97. The summed E-state index contributed by atoms with van der Waals surface area (Å²) in [5.74, 6) is -0.235. The lowest BCUT2D eigenvalue weighted by molar-refractivity contribution is 0.0830. The maximum absolute atomic E-state index is 13.1. The zero-order valence-electron chi connectivity index (χ0n) is 16.6. The van der Waals surface area contributed by atoms with Gasteiger partial charge in [0.2, 0.25) is 0 Å². The number of halogens is 1. The Morgan fingerprint density at radius 1 is 1.07 bits per heavy atom. The predicted molar refractivity (Wildman–Crippen MR) is 110 cm³/mol. The number of piperidine rings is 1. The molecule has 2 aliphatic rings. The largest absolute Gasteiger partial charge is 0.322 e. The van der Waals surface area contributed by atoms with Gasteiger partial charge in [-0.3, -0.25) is 4.79 Å². The van der Waals surface area contributed by atoms with Crippen LogP contribution in [0.15, 0.2) is 48.5 Å². The van der Waals surface area contributed by atoms with Gasteiger partial charge in [0.15, 0.2) is 5.78 Å². The van der Waals surface area contributed by atoms with Crippen LogP contribution in [0.25, 0.3) is 0 Å². The van der Waals surface area contributed by atoms with E-state index in [9.17, 15) is 14.0 Å². The van der Waals surface area contributed by atoms with Crippen molar-refractivity contribution < 1.29 is 14.0 Å². The van der Waals surface area contributed by atoms with E-state index in [1.807, 2.05) is 23.1 Å². The Hall–Kier alpha value is -2.73. The topological polar surface area (TPSA) is 52.7 Å². The molecule has 1 N–H and O–H groups in total. The Morgan fingerprint density at radius 2 is 1.76 bits per heavy atom. The standard InChI is InChI=1S/C23H26FN3O2/c1-16-20-4-2-3-5-21(20)25-23(29)27(16)15-14-26-12-10-18(11-13-26)22(28)17-6-8-19(24)9-7-17/h2-9,16,18H,10-15H2,1H3,(H,25,29). The minimum absolute atomic E-state index is 0.0132. The van der Waals surface area contributed by atoms with E-state index >= 15 is 0 Å². The first-order valence-corrected chi connectivity index (χ1v) is 10.2. The Balaban J connectivity index is 1.30. The summed E-state index contributed by atoms with van der Waals surface area (Å²) in [6, 6.07) is 13.7. The number of rotatable bonds is 5. The zero-order chi connectivity index (χ0) is 20.4. The summed E-state index contributed by atoms with van der Waals surface area (Å²) in [7, 11) is 0. The molecule has 5 nitrogen and oxygen atoms in total. The normalized spacial score (nSPS) is 20.3. The summed E-state index contributed by atoms with van der Waals surface area (Å²) in [6.07, 6.45) is 1.58. The average molecular weight is 395 g/mol. The van der Waals surface area contributed by atoms with Crippen molar-refractivity contribution in [1.29, 1.82) is 0 Å². The monoisotopic (exact) mass is 395 g/mol. The molecule has 29 heavy (non-hydrogen) atoms. The molecule has 2 aromatic carbocycles. The van der Waals surface area contributed by atoms with Crippen molar-refractivity contribution in [2.24, 2.45) is 5.92 Å². The number of fused-ring (bicyclic) bond motifs is 1. The van der Waals surface area contributed by atoms with Crippen molar-refractivity contribution in [3.8, 4) is 0 Å². The van der Waals surface area contributed by atoms with Gasteiger partial charge in [0.1, 0.15) is 5.82 Å². The summed E-state index contributed by atoms with van der Waals surface area (Å²) in [5.41, 5.74) is 2.61. The third-order valence-corrected chi connectivity index (χ3v) is 6.13. The van der Waals surface area contributed by atoms with Gasteiger partial charge in [-0.2, -0.15) is 0 Å². The highest BCUT2D eigenvalue weighted by Gasteiger charge is 2.30. The molecule has 1 unspecified atom stereocenters. The molecule has 0 aromatic heterocycles. The smallest absolute Gasteiger partial charge is 0.316 e. The van der Waals surface area contributed by atoms with Crippen LogP contribution in [0.5, 0.6) is 0 Å². The quantitative estimate of drug-likeness (QED) is 0.767. The molecule has 2 aromatic rings. The third-order valence-electron chi connectivity index (χ3n) is 6.13. The van der Waals surface area contributed by atoms with Crippen LogP contribution in [0, 0.1) is 11.7 Å². The molecule has 2 heterocycles. The van der Waals surface area contributed by atoms with Crippen LogP contribution in [-0.2, 0) is 0 Å². The fraction of sp³-hybridized carbons (Fsp3) is 0.391. The summed E-state index contributed by atoms with van der Waals surface area (Å²) in [4.78, 5) is 29.3. The number of carbonyl (C=O) groups excluding carboxylic acids is 2. The van der Waals surface area contributed by atoms with E-state index in [1.54, 1.807) is 12.1 Å².